The minimum absolute atomic E-state index is 0.192. The van der Waals surface area contributed by atoms with Gasteiger partial charge in [0.15, 0.2) is 5.03 Å². The third-order valence-corrected chi connectivity index (χ3v) is 4.02. The van der Waals surface area contributed by atoms with Crippen molar-refractivity contribution in [2.24, 2.45) is 0 Å². The Kier molecular flexibility index (Phi) is 3.79. The van der Waals surface area contributed by atoms with Crippen LogP contribution in [0.4, 0.5) is 10.6 Å². The molecule has 0 fully saturated rings. The molecular weight excluding hydrogens is 306 g/mol. The number of fused-ring (bicyclic) bond motifs is 1. The number of carbonyl (C=O) groups is 1. The monoisotopic (exact) mass is 319 g/mol. The average molecular weight is 320 g/mol. The van der Waals surface area contributed by atoms with E-state index in [1.54, 1.807) is 19.9 Å². The highest BCUT2D eigenvalue weighted by atomic mass is 35.7. The van der Waals surface area contributed by atoms with Crippen LogP contribution in [0, 0.1) is 0 Å². The van der Waals surface area contributed by atoms with Crippen LogP contribution in [-0.4, -0.2) is 30.9 Å². The number of ether oxygens (including phenoxy) is 1. The molecule has 1 aromatic rings. The minimum Gasteiger partial charge on any atom is -0.449 e. The van der Waals surface area contributed by atoms with E-state index >= 15 is 0 Å². The molecule has 0 N–H and O–H groups in total. The van der Waals surface area contributed by atoms with Crippen molar-refractivity contribution in [1.29, 1.82) is 0 Å². The van der Waals surface area contributed by atoms with E-state index in [1.165, 1.54) is 15.6 Å². The molecule has 110 valence electrons. The zero-order valence-electron chi connectivity index (χ0n) is 11.2. The molecule has 0 aliphatic carbocycles. The summed E-state index contributed by atoms with van der Waals surface area (Å²) in [4.78, 5) is 13.2. The number of amides is 1. The predicted octanol–water partition coefficient (Wildman–Crippen LogP) is 2.25. The molecule has 2 heterocycles. The fourth-order valence-corrected chi connectivity index (χ4v) is 2.71. The van der Waals surface area contributed by atoms with E-state index in [4.69, 9.17) is 15.4 Å². The van der Waals surface area contributed by atoms with Crippen LogP contribution < -0.4 is 4.90 Å². The van der Waals surface area contributed by atoms with Crippen molar-refractivity contribution in [3.8, 4) is 0 Å². The van der Waals surface area contributed by atoms with Gasteiger partial charge >= 0.3 is 6.09 Å². The number of rotatable bonds is 2. The zero-order chi connectivity index (χ0) is 15.1. The van der Waals surface area contributed by atoms with Crippen LogP contribution in [0.3, 0.4) is 0 Å². The first kappa shape index (κ1) is 14.9. The summed E-state index contributed by atoms with van der Waals surface area (Å²) in [6.45, 7) is 5.47. The van der Waals surface area contributed by atoms with E-state index in [0.29, 0.717) is 11.5 Å². The van der Waals surface area contributed by atoms with E-state index < -0.39 is 15.1 Å². The quantitative estimate of drug-likeness (QED) is 0.781. The highest BCUT2D eigenvalue weighted by Crippen LogP contribution is 2.33. The molecule has 2 rings (SSSR count). The van der Waals surface area contributed by atoms with Crippen molar-refractivity contribution >= 4 is 31.6 Å². The molecule has 0 bridgehead atoms. The lowest BCUT2D eigenvalue weighted by molar-refractivity contribution is 0.161. The number of hydrogen-bond donors (Lipinski definition) is 0. The van der Waals surface area contributed by atoms with Crippen molar-refractivity contribution in [3.63, 3.8) is 0 Å². The van der Waals surface area contributed by atoms with Crippen LogP contribution in [-0.2, 0) is 13.8 Å². The number of carbonyl (C=O) groups excluding carboxylic acids is 1. The summed E-state index contributed by atoms with van der Waals surface area (Å²) in [5, 5.41) is 3.64. The summed E-state index contributed by atoms with van der Waals surface area (Å²) in [5.74, 6) is 0.315. The maximum atomic E-state index is 12.0. The first-order chi connectivity index (χ1) is 9.25. The SMILES string of the molecule is CCOC(=O)N1C(C)=CC(C)n2nc(S(=O)(=O)Cl)cc21. The Bertz CT molecular complexity index is 680. The third kappa shape index (κ3) is 2.53. The standard InChI is InChI=1S/C11H14ClN3O4S/c1-4-19-11(16)14-7(2)5-8(3)15-10(14)6-9(13-15)20(12,17)18/h5-6,8H,4H2,1-3H3. The Balaban J connectivity index is 2.55. The summed E-state index contributed by atoms with van der Waals surface area (Å²) < 4.78 is 29.1. The number of nitrogens with zero attached hydrogens (tertiary/aromatic N) is 3. The van der Waals surface area contributed by atoms with E-state index in [0.717, 1.165) is 0 Å². The second kappa shape index (κ2) is 5.10. The maximum absolute atomic E-state index is 12.0. The fraction of sp³-hybridized carbons (Fsp3) is 0.455. The van der Waals surface area contributed by atoms with Crippen LogP contribution in [0.25, 0.3) is 0 Å². The van der Waals surface area contributed by atoms with Crippen LogP contribution >= 0.6 is 10.7 Å². The summed E-state index contributed by atoms with van der Waals surface area (Å²) in [6, 6.07) is 1.06. The summed E-state index contributed by atoms with van der Waals surface area (Å²) in [6.07, 6.45) is 1.19. The van der Waals surface area contributed by atoms with Gasteiger partial charge in [-0.3, -0.25) is 0 Å². The van der Waals surface area contributed by atoms with Gasteiger partial charge in [-0.15, -0.1) is 0 Å². The van der Waals surface area contributed by atoms with Gasteiger partial charge in [-0.1, -0.05) is 0 Å². The van der Waals surface area contributed by atoms with Crippen LogP contribution in [0.5, 0.6) is 0 Å². The topological polar surface area (TPSA) is 81.5 Å². The van der Waals surface area contributed by atoms with Gasteiger partial charge in [0.25, 0.3) is 9.05 Å². The average Bonchev–Trinajstić information content (AvgIpc) is 2.73. The summed E-state index contributed by atoms with van der Waals surface area (Å²) in [5.41, 5.74) is 0.641. The van der Waals surface area contributed by atoms with E-state index in [-0.39, 0.29) is 17.7 Å². The predicted molar refractivity (Wildman–Crippen MR) is 73.2 cm³/mol. The minimum atomic E-state index is -3.96. The molecule has 0 saturated carbocycles. The summed E-state index contributed by atoms with van der Waals surface area (Å²) in [7, 11) is 1.33. The van der Waals surface area contributed by atoms with Crippen LogP contribution in [0.15, 0.2) is 22.9 Å². The van der Waals surface area contributed by atoms with Crippen molar-refractivity contribution in [2.45, 2.75) is 31.8 Å². The molecule has 7 nitrogen and oxygen atoms in total. The van der Waals surface area contributed by atoms with Crippen LogP contribution in [0.2, 0.25) is 0 Å². The number of allylic oxidation sites excluding steroid dienone is 2. The molecule has 1 aromatic heterocycles. The molecule has 1 unspecified atom stereocenters. The molecule has 1 amide bonds. The van der Waals surface area contributed by atoms with Gasteiger partial charge in [0.05, 0.1) is 12.6 Å². The lowest BCUT2D eigenvalue weighted by atomic mass is 10.2. The van der Waals surface area contributed by atoms with Gasteiger partial charge < -0.3 is 4.74 Å². The number of halogens is 1. The van der Waals surface area contributed by atoms with Crippen molar-refractivity contribution in [3.05, 3.63) is 17.8 Å². The summed E-state index contributed by atoms with van der Waals surface area (Å²) >= 11 is 0. The third-order valence-electron chi connectivity index (χ3n) is 2.84. The normalized spacial score (nSPS) is 18.5. The van der Waals surface area contributed by atoms with E-state index in [1.807, 2.05) is 6.92 Å². The molecule has 20 heavy (non-hydrogen) atoms. The Labute approximate surface area is 121 Å². The highest BCUT2D eigenvalue weighted by molar-refractivity contribution is 8.13. The van der Waals surface area contributed by atoms with Crippen molar-refractivity contribution < 1.29 is 17.9 Å². The number of aromatic nitrogens is 2. The fourth-order valence-electron chi connectivity index (χ4n) is 2.05. The molecule has 9 heteroatoms. The molecule has 0 saturated heterocycles. The lowest BCUT2D eigenvalue weighted by Crippen LogP contribution is -2.35. The molecule has 0 spiro atoms. The van der Waals surface area contributed by atoms with Gasteiger partial charge in [-0.25, -0.2) is 22.8 Å². The first-order valence-corrected chi connectivity index (χ1v) is 8.26. The zero-order valence-corrected chi connectivity index (χ0v) is 12.8. The maximum Gasteiger partial charge on any atom is 0.419 e. The van der Waals surface area contributed by atoms with E-state index in [9.17, 15) is 13.2 Å². The molecular formula is C11H14ClN3O4S. The Morgan fingerprint density at radius 1 is 1.55 bits per heavy atom. The van der Waals surface area contributed by atoms with Gasteiger partial charge in [0, 0.05) is 22.4 Å². The second-order valence-electron chi connectivity index (χ2n) is 4.31. The van der Waals surface area contributed by atoms with Gasteiger partial charge in [-0.05, 0) is 26.8 Å². The highest BCUT2D eigenvalue weighted by Gasteiger charge is 2.31. The molecule has 0 aromatic carbocycles. The number of hydrogen-bond acceptors (Lipinski definition) is 5. The van der Waals surface area contributed by atoms with Gasteiger partial charge in [0.1, 0.15) is 5.82 Å². The van der Waals surface area contributed by atoms with Crippen LogP contribution in [0.1, 0.15) is 26.8 Å². The molecule has 1 aliphatic heterocycles. The lowest BCUT2D eigenvalue weighted by Gasteiger charge is -2.29. The van der Waals surface area contributed by atoms with E-state index in [2.05, 4.69) is 5.10 Å². The number of anilines is 1. The van der Waals surface area contributed by atoms with Gasteiger partial charge in [-0.2, -0.15) is 5.10 Å². The molecule has 1 atom stereocenters. The smallest absolute Gasteiger partial charge is 0.419 e. The van der Waals surface area contributed by atoms with Crippen molar-refractivity contribution in [2.75, 3.05) is 11.5 Å². The Morgan fingerprint density at radius 2 is 2.20 bits per heavy atom. The largest absolute Gasteiger partial charge is 0.449 e. The second-order valence-corrected chi connectivity index (χ2v) is 6.82. The van der Waals surface area contributed by atoms with Crippen molar-refractivity contribution in [1.82, 2.24) is 9.78 Å². The van der Waals surface area contributed by atoms with Gasteiger partial charge in [0.2, 0.25) is 0 Å². The Morgan fingerprint density at radius 3 is 2.75 bits per heavy atom. The first-order valence-electron chi connectivity index (χ1n) is 5.95. The molecule has 1 aliphatic rings. The molecule has 0 radical (unpaired) electrons. The Hall–Kier alpha value is -1.54.